The molecule has 0 radical (unpaired) electrons. The zero-order valence-corrected chi connectivity index (χ0v) is 8.92. The number of nitrogens with zero attached hydrogens (tertiary/aromatic N) is 3. The number of carbonyl (C=O) groups is 2. The number of carbonyl (C=O) groups excluding carboxylic acids is 2. The molecule has 2 heterocycles. The van der Waals surface area contributed by atoms with Crippen LogP contribution in [0.3, 0.4) is 0 Å². The van der Waals surface area contributed by atoms with Gasteiger partial charge in [0.2, 0.25) is 0 Å². The number of hydrogen-bond acceptors (Lipinski definition) is 5. The van der Waals surface area contributed by atoms with E-state index in [4.69, 9.17) is 0 Å². The molecule has 0 atom stereocenters. The molecule has 5 nitrogen and oxygen atoms in total. The van der Waals surface area contributed by atoms with Gasteiger partial charge in [-0.15, -0.1) is 0 Å². The summed E-state index contributed by atoms with van der Waals surface area (Å²) in [5, 5.41) is 3.03. The van der Waals surface area contributed by atoms with Gasteiger partial charge in [-0.3, -0.25) is 9.59 Å². The Balaban J connectivity index is 2.00. The van der Waals surface area contributed by atoms with Gasteiger partial charge in [0.1, 0.15) is 0 Å². The lowest BCUT2D eigenvalue weighted by Gasteiger charge is -2.36. The summed E-state index contributed by atoms with van der Waals surface area (Å²) in [7, 11) is 2.04. The van der Waals surface area contributed by atoms with Crippen molar-refractivity contribution in [3.63, 3.8) is 0 Å². The Morgan fingerprint density at radius 1 is 1.14 bits per heavy atom. The molecule has 2 saturated heterocycles. The molecule has 2 aliphatic rings. The van der Waals surface area contributed by atoms with Crippen molar-refractivity contribution in [2.75, 3.05) is 39.0 Å². The SMILES string of the molecule is CN1CCN(N2C(=O)CSC2=O)CC1. The van der Waals surface area contributed by atoms with Gasteiger partial charge in [0.05, 0.1) is 5.75 Å². The number of amides is 2. The van der Waals surface area contributed by atoms with E-state index in [9.17, 15) is 9.59 Å². The fourth-order valence-corrected chi connectivity index (χ4v) is 2.33. The average molecular weight is 215 g/mol. The predicted molar refractivity (Wildman–Crippen MR) is 53.8 cm³/mol. The second kappa shape index (κ2) is 3.88. The normalized spacial score (nSPS) is 26.2. The molecule has 0 aliphatic carbocycles. The van der Waals surface area contributed by atoms with E-state index in [1.807, 2.05) is 12.1 Å². The Bertz CT molecular complexity index is 247. The van der Waals surface area contributed by atoms with E-state index in [2.05, 4.69) is 4.90 Å². The molecule has 0 N–H and O–H groups in total. The molecule has 0 aromatic carbocycles. The Kier molecular flexibility index (Phi) is 2.76. The molecule has 0 bridgehead atoms. The largest absolute Gasteiger partial charge is 0.304 e. The van der Waals surface area contributed by atoms with E-state index >= 15 is 0 Å². The van der Waals surface area contributed by atoms with E-state index in [0.717, 1.165) is 37.9 Å². The molecule has 0 unspecified atom stereocenters. The highest BCUT2D eigenvalue weighted by Crippen LogP contribution is 2.21. The highest BCUT2D eigenvalue weighted by atomic mass is 32.2. The lowest BCUT2D eigenvalue weighted by atomic mass is 10.4. The summed E-state index contributed by atoms with van der Waals surface area (Å²) < 4.78 is 0. The summed E-state index contributed by atoms with van der Waals surface area (Å²) in [5.74, 6) is 0.218. The maximum atomic E-state index is 11.4. The first-order valence-electron chi connectivity index (χ1n) is 4.61. The summed E-state index contributed by atoms with van der Waals surface area (Å²) in [4.78, 5) is 25.0. The van der Waals surface area contributed by atoms with Gasteiger partial charge in [0, 0.05) is 26.2 Å². The smallest absolute Gasteiger partial charge is 0.303 e. The van der Waals surface area contributed by atoms with Gasteiger partial charge in [-0.1, -0.05) is 11.8 Å². The first-order chi connectivity index (χ1) is 6.68. The number of hydrogen-bond donors (Lipinski definition) is 0. The van der Waals surface area contributed by atoms with Crippen molar-refractivity contribution in [2.24, 2.45) is 0 Å². The fraction of sp³-hybridized carbons (Fsp3) is 0.750. The third kappa shape index (κ3) is 1.77. The first-order valence-corrected chi connectivity index (χ1v) is 5.60. The van der Waals surface area contributed by atoms with Crippen LogP contribution in [0.2, 0.25) is 0 Å². The van der Waals surface area contributed by atoms with Gasteiger partial charge in [0.25, 0.3) is 5.91 Å². The van der Waals surface area contributed by atoms with Crippen molar-refractivity contribution in [1.29, 1.82) is 0 Å². The van der Waals surface area contributed by atoms with E-state index < -0.39 is 0 Å². The highest BCUT2D eigenvalue weighted by molar-refractivity contribution is 8.14. The van der Waals surface area contributed by atoms with Gasteiger partial charge in [-0.05, 0) is 7.05 Å². The third-order valence-electron chi connectivity index (χ3n) is 2.49. The molecule has 2 rings (SSSR count). The molecule has 0 saturated carbocycles. The fourth-order valence-electron chi connectivity index (χ4n) is 1.62. The first kappa shape index (κ1) is 9.95. The van der Waals surface area contributed by atoms with Crippen molar-refractivity contribution in [2.45, 2.75) is 0 Å². The Morgan fingerprint density at radius 3 is 2.29 bits per heavy atom. The monoisotopic (exact) mass is 215 g/mol. The molecule has 14 heavy (non-hydrogen) atoms. The van der Waals surface area contributed by atoms with Crippen molar-refractivity contribution >= 4 is 22.9 Å². The number of likely N-dealkylation sites (N-methyl/N-ethyl adjacent to an activating group) is 1. The number of rotatable bonds is 1. The maximum Gasteiger partial charge on any atom is 0.303 e. The summed E-state index contributed by atoms with van der Waals surface area (Å²) in [6.45, 7) is 3.33. The van der Waals surface area contributed by atoms with Crippen molar-refractivity contribution < 1.29 is 9.59 Å². The van der Waals surface area contributed by atoms with E-state index in [-0.39, 0.29) is 11.1 Å². The number of thioether (sulfide) groups is 1. The van der Waals surface area contributed by atoms with Crippen LogP contribution in [-0.4, -0.2) is 65.0 Å². The molecule has 0 aromatic rings. The van der Waals surface area contributed by atoms with Crippen LogP contribution in [-0.2, 0) is 4.79 Å². The number of imide groups is 1. The topological polar surface area (TPSA) is 43.9 Å². The Hall–Kier alpha value is -0.590. The lowest BCUT2D eigenvalue weighted by Crippen LogP contribution is -2.54. The van der Waals surface area contributed by atoms with Gasteiger partial charge in [0.15, 0.2) is 0 Å². The molecule has 2 fully saturated rings. The van der Waals surface area contributed by atoms with Crippen LogP contribution in [0, 0.1) is 0 Å². The van der Waals surface area contributed by atoms with Crippen molar-refractivity contribution in [3.05, 3.63) is 0 Å². The molecular weight excluding hydrogens is 202 g/mol. The molecule has 2 amide bonds. The van der Waals surface area contributed by atoms with E-state index in [0.29, 0.717) is 5.75 Å². The lowest BCUT2D eigenvalue weighted by molar-refractivity contribution is -0.138. The Morgan fingerprint density at radius 2 is 1.79 bits per heavy atom. The molecule has 0 spiro atoms. The summed E-state index contributed by atoms with van der Waals surface area (Å²) in [5.41, 5.74) is 0. The average Bonchev–Trinajstić information content (AvgIpc) is 2.49. The minimum absolute atomic E-state index is 0.0791. The van der Waals surface area contributed by atoms with Crippen molar-refractivity contribution in [1.82, 2.24) is 14.9 Å². The summed E-state index contributed by atoms with van der Waals surface area (Å²) in [6.07, 6.45) is 0. The molecule has 2 aliphatic heterocycles. The highest BCUT2D eigenvalue weighted by Gasteiger charge is 2.35. The van der Waals surface area contributed by atoms with Gasteiger partial charge in [-0.2, -0.15) is 5.01 Å². The van der Waals surface area contributed by atoms with Gasteiger partial charge >= 0.3 is 5.24 Å². The third-order valence-corrected chi connectivity index (χ3v) is 3.30. The molecule has 78 valence electrons. The second-order valence-electron chi connectivity index (χ2n) is 3.52. The van der Waals surface area contributed by atoms with Gasteiger partial charge < -0.3 is 4.90 Å². The Labute approximate surface area is 87.0 Å². The predicted octanol–water partition coefficient (Wildman–Crippen LogP) is -0.156. The minimum Gasteiger partial charge on any atom is -0.304 e. The van der Waals surface area contributed by atoms with Crippen LogP contribution >= 0.6 is 11.8 Å². The molecule has 6 heteroatoms. The van der Waals surface area contributed by atoms with Crippen LogP contribution < -0.4 is 0 Å². The van der Waals surface area contributed by atoms with Crippen LogP contribution in [0.4, 0.5) is 4.79 Å². The molecular formula is C8H13N3O2S. The zero-order valence-electron chi connectivity index (χ0n) is 8.10. The number of hydrazine groups is 1. The summed E-state index contributed by atoms with van der Waals surface area (Å²) in [6, 6.07) is 0. The van der Waals surface area contributed by atoms with Crippen LogP contribution in [0.15, 0.2) is 0 Å². The standard InChI is InChI=1S/C8H13N3O2S/c1-9-2-4-10(5-3-9)11-7(12)6-14-8(11)13/h2-6H2,1H3. The maximum absolute atomic E-state index is 11.4. The van der Waals surface area contributed by atoms with E-state index in [1.165, 1.54) is 5.01 Å². The molecule has 0 aromatic heterocycles. The minimum atomic E-state index is -0.125. The van der Waals surface area contributed by atoms with E-state index in [1.54, 1.807) is 0 Å². The summed E-state index contributed by atoms with van der Waals surface area (Å²) >= 11 is 1.09. The zero-order chi connectivity index (χ0) is 10.1. The van der Waals surface area contributed by atoms with Crippen LogP contribution in [0.5, 0.6) is 0 Å². The second-order valence-corrected chi connectivity index (χ2v) is 4.44. The quantitative estimate of drug-likeness (QED) is 0.608. The van der Waals surface area contributed by atoms with Crippen LogP contribution in [0.1, 0.15) is 0 Å². The van der Waals surface area contributed by atoms with Crippen molar-refractivity contribution in [3.8, 4) is 0 Å². The number of piperazine rings is 1. The van der Waals surface area contributed by atoms with Gasteiger partial charge in [-0.25, -0.2) is 5.01 Å². The van der Waals surface area contributed by atoms with Crippen LogP contribution in [0.25, 0.3) is 0 Å².